The van der Waals surface area contributed by atoms with Crippen LogP contribution in [0, 0.1) is 0 Å². The summed E-state index contributed by atoms with van der Waals surface area (Å²) < 4.78 is 22.7. The number of carbonyl (C=O) groups excluding carboxylic acids is 1. The highest BCUT2D eigenvalue weighted by molar-refractivity contribution is 9.09. The number of amides is 1. The van der Waals surface area contributed by atoms with Gasteiger partial charge in [-0.25, -0.2) is 8.42 Å². The van der Waals surface area contributed by atoms with Crippen molar-refractivity contribution in [1.82, 2.24) is 5.32 Å². The normalized spacial score (nSPS) is 13.1. The summed E-state index contributed by atoms with van der Waals surface area (Å²) in [6, 6.07) is 6.04. The molecule has 1 N–H and O–H groups in total. The lowest BCUT2D eigenvalue weighted by atomic mass is 10.2. The summed E-state index contributed by atoms with van der Waals surface area (Å²) in [5, 5.41) is 2.75. The third-order valence-corrected chi connectivity index (χ3v) is 3.92. The number of nitrogens with one attached hydrogen (secondary N) is 1. The van der Waals surface area contributed by atoms with Crippen LogP contribution in [0.3, 0.4) is 0 Å². The Labute approximate surface area is 116 Å². The molecule has 0 spiro atoms. The first-order valence-electron chi connectivity index (χ1n) is 5.53. The fourth-order valence-corrected chi connectivity index (χ4v) is 2.25. The minimum absolute atomic E-state index is 0.156. The number of benzene rings is 1. The predicted octanol–water partition coefficient (Wildman–Crippen LogP) is 1.99. The lowest BCUT2D eigenvalue weighted by Crippen LogP contribution is -2.25. The Hall–Kier alpha value is -0.880. The fraction of sp³-hybridized carbons (Fsp3) is 0.417. The molecule has 1 amide bonds. The molecule has 1 unspecified atom stereocenters. The molecular weight excluding hydrogens is 318 g/mol. The summed E-state index contributed by atoms with van der Waals surface area (Å²) in [5.41, 5.74) is 0.361. The Balaban J connectivity index is 2.75. The molecule has 18 heavy (non-hydrogen) atoms. The largest absolute Gasteiger partial charge is 0.352 e. The van der Waals surface area contributed by atoms with Crippen LogP contribution < -0.4 is 5.32 Å². The summed E-state index contributed by atoms with van der Waals surface area (Å²) >= 11 is 3.39. The van der Waals surface area contributed by atoms with Crippen molar-refractivity contribution in [3.8, 4) is 0 Å². The van der Waals surface area contributed by atoms with Crippen LogP contribution in [0.1, 0.15) is 23.7 Å². The molecule has 1 rings (SSSR count). The van der Waals surface area contributed by atoms with E-state index in [4.69, 9.17) is 0 Å². The zero-order chi connectivity index (χ0) is 13.8. The van der Waals surface area contributed by atoms with Crippen molar-refractivity contribution >= 4 is 31.7 Å². The van der Waals surface area contributed by atoms with Gasteiger partial charge in [-0.2, -0.15) is 0 Å². The van der Waals surface area contributed by atoms with Crippen molar-refractivity contribution in [3.05, 3.63) is 29.8 Å². The fourth-order valence-electron chi connectivity index (χ4n) is 1.35. The van der Waals surface area contributed by atoms with Crippen LogP contribution in [0.2, 0.25) is 0 Å². The van der Waals surface area contributed by atoms with Gasteiger partial charge in [0, 0.05) is 23.2 Å². The topological polar surface area (TPSA) is 63.2 Å². The molecule has 0 fully saturated rings. The first-order chi connectivity index (χ1) is 8.30. The van der Waals surface area contributed by atoms with Crippen molar-refractivity contribution < 1.29 is 13.2 Å². The summed E-state index contributed by atoms with van der Waals surface area (Å²) in [7, 11) is -3.28. The third kappa shape index (κ3) is 4.78. The van der Waals surface area contributed by atoms with Crippen LogP contribution in [0.5, 0.6) is 0 Å². The van der Waals surface area contributed by atoms with E-state index in [1.54, 1.807) is 12.1 Å². The first-order valence-corrected chi connectivity index (χ1v) is 8.34. The van der Waals surface area contributed by atoms with Crippen LogP contribution in [0.15, 0.2) is 29.2 Å². The first kappa shape index (κ1) is 15.2. The lowest BCUT2D eigenvalue weighted by Gasteiger charge is -2.07. The van der Waals surface area contributed by atoms with Crippen LogP contribution in [-0.4, -0.2) is 32.0 Å². The molecule has 0 radical (unpaired) electrons. The number of alkyl halides is 1. The van der Waals surface area contributed by atoms with Gasteiger partial charge in [-0.15, -0.1) is 0 Å². The van der Waals surface area contributed by atoms with Crippen molar-refractivity contribution in [1.29, 1.82) is 0 Å². The van der Waals surface area contributed by atoms with Gasteiger partial charge in [0.05, 0.1) is 4.90 Å². The van der Waals surface area contributed by atoms with E-state index in [0.717, 1.165) is 12.7 Å². The molecule has 0 heterocycles. The highest BCUT2D eigenvalue weighted by Gasteiger charge is 2.11. The van der Waals surface area contributed by atoms with Gasteiger partial charge in [0.1, 0.15) is 0 Å². The number of hydrogen-bond acceptors (Lipinski definition) is 3. The van der Waals surface area contributed by atoms with Crippen LogP contribution >= 0.6 is 15.9 Å². The molecule has 0 saturated heterocycles. The highest BCUT2D eigenvalue weighted by atomic mass is 79.9. The maximum atomic E-state index is 11.8. The molecule has 6 heteroatoms. The number of rotatable bonds is 5. The molecule has 0 saturated carbocycles. The predicted molar refractivity (Wildman–Crippen MR) is 74.9 cm³/mol. The van der Waals surface area contributed by atoms with Crippen molar-refractivity contribution in [2.45, 2.75) is 23.1 Å². The molecule has 1 atom stereocenters. The maximum Gasteiger partial charge on any atom is 0.251 e. The van der Waals surface area contributed by atoms with Gasteiger partial charge in [0.2, 0.25) is 0 Å². The number of halogens is 1. The van der Waals surface area contributed by atoms with Crippen LogP contribution in [0.25, 0.3) is 0 Å². The lowest BCUT2D eigenvalue weighted by molar-refractivity contribution is 0.0953. The van der Waals surface area contributed by atoms with E-state index in [2.05, 4.69) is 21.2 Å². The molecule has 0 bridgehead atoms. The quantitative estimate of drug-likeness (QED) is 0.838. The van der Waals surface area contributed by atoms with Crippen molar-refractivity contribution in [3.63, 3.8) is 0 Å². The standard InChI is InChI=1S/C12H16BrNO3S/c1-9(13)6-7-14-12(15)10-4-3-5-11(8-10)18(2,16)17/h3-5,8-9H,6-7H2,1-2H3,(H,14,15). The van der Waals surface area contributed by atoms with Crippen LogP contribution in [0.4, 0.5) is 0 Å². The summed E-state index contributed by atoms with van der Waals surface area (Å²) in [5.74, 6) is -0.256. The van der Waals surface area contributed by atoms with Gasteiger partial charge in [0.25, 0.3) is 5.91 Å². The molecule has 1 aromatic rings. The average Bonchev–Trinajstić information content (AvgIpc) is 2.27. The number of carbonyl (C=O) groups is 1. The minimum Gasteiger partial charge on any atom is -0.352 e. The Morgan fingerprint density at radius 1 is 1.44 bits per heavy atom. The van der Waals surface area contributed by atoms with E-state index in [-0.39, 0.29) is 10.8 Å². The SMILES string of the molecule is CC(Br)CCNC(=O)c1cccc(S(C)(=O)=O)c1. The Kier molecular flexibility index (Phi) is 5.34. The second-order valence-corrected chi connectivity index (χ2v) is 7.70. The number of hydrogen-bond donors (Lipinski definition) is 1. The molecule has 0 aromatic heterocycles. The molecule has 1 aromatic carbocycles. The van der Waals surface area contributed by atoms with Crippen molar-refractivity contribution in [2.75, 3.05) is 12.8 Å². The zero-order valence-corrected chi connectivity index (χ0v) is 12.7. The summed E-state index contributed by atoms with van der Waals surface area (Å²) in [4.78, 5) is 12.3. The molecule has 0 aliphatic rings. The Morgan fingerprint density at radius 2 is 2.11 bits per heavy atom. The molecule has 0 aliphatic heterocycles. The second kappa shape index (κ2) is 6.33. The highest BCUT2D eigenvalue weighted by Crippen LogP contribution is 2.11. The van der Waals surface area contributed by atoms with E-state index in [0.29, 0.717) is 16.9 Å². The van der Waals surface area contributed by atoms with Gasteiger partial charge in [0.15, 0.2) is 9.84 Å². The van der Waals surface area contributed by atoms with Crippen LogP contribution in [-0.2, 0) is 9.84 Å². The van der Waals surface area contributed by atoms with E-state index in [1.165, 1.54) is 12.1 Å². The van der Waals surface area contributed by atoms with Gasteiger partial charge >= 0.3 is 0 Å². The minimum atomic E-state index is -3.28. The number of sulfone groups is 1. The third-order valence-electron chi connectivity index (χ3n) is 2.35. The van der Waals surface area contributed by atoms with E-state index in [1.807, 2.05) is 6.92 Å². The molecular formula is C12H16BrNO3S. The maximum absolute atomic E-state index is 11.8. The monoisotopic (exact) mass is 333 g/mol. The van der Waals surface area contributed by atoms with Gasteiger partial charge in [-0.3, -0.25) is 4.79 Å². The van der Waals surface area contributed by atoms with Gasteiger partial charge < -0.3 is 5.32 Å². The van der Waals surface area contributed by atoms with Gasteiger partial charge in [-0.1, -0.05) is 28.9 Å². The van der Waals surface area contributed by atoms with Crippen molar-refractivity contribution in [2.24, 2.45) is 0 Å². The zero-order valence-electron chi connectivity index (χ0n) is 10.3. The van der Waals surface area contributed by atoms with Gasteiger partial charge in [-0.05, 0) is 24.6 Å². The van der Waals surface area contributed by atoms with E-state index < -0.39 is 9.84 Å². The van der Waals surface area contributed by atoms with E-state index >= 15 is 0 Å². The summed E-state index contributed by atoms with van der Waals surface area (Å²) in [6.07, 6.45) is 1.94. The Bertz CT molecular complexity index is 526. The average molecular weight is 334 g/mol. The summed E-state index contributed by atoms with van der Waals surface area (Å²) in [6.45, 7) is 2.55. The molecule has 0 aliphatic carbocycles. The van der Waals surface area contributed by atoms with E-state index in [9.17, 15) is 13.2 Å². The molecule has 100 valence electrons. The smallest absolute Gasteiger partial charge is 0.251 e. The second-order valence-electron chi connectivity index (χ2n) is 4.13. The molecule has 4 nitrogen and oxygen atoms in total. The Morgan fingerprint density at radius 3 is 2.67 bits per heavy atom.